The number of para-hydroxylation sites is 2. The second-order valence-electron chi connectivity index (χ2n) is 4.10. The number of pyridine rings is 1. The van der Waals surface area contributed by atoms with Crippen molar-refractivity contribution in [2.75, 3.05) is 0 Å². The van der Waals surface area contributed by atoms with Gasteiger partial charge in [0, 0.05) is 16.9 Å². The molecule has 0 amide bonds. The first-order valence-corrected chi connectivity index (χ1v) is 6.55. The molecule has 1 aromatic carbocycles. The topological polar surface area (TPSA) is 46.8 Å². The van der Waals surface area contributed by atoms with E-state index in [1.807, 2.05) is 35.0 Å². The molecule has 0 atom stereocenters. The van der Waals surface area contributed by atoms with Crippen LogP contribution in [-0.2, 0) is 6.61 Å². The molecule has 0 fully saturated rings. The molecule has 1 N–H and O–H groups in total. The molecule has 0 aliphatic heterocycles. The summed E-state index contributed by atoms with van der Waals surface area (Å²) in [4.78, 5) is 4.44. The number of ether oxygens (including phenoxy) is 1. The second-order valence-corrected chi connectivity index (χ2v) is 5.01. The van der Waals surface area contributed by atoms with Gasteiger partial charge in [-0.25, -0.2) is 4.98 Å². The maximum absolute atomic E-state index is 9.61. The lowest BCUT2D eigenvalue weighted by Crippen LogP contribution is -1.95. The van der Waals surface area contributed by atoms with Crippen LogP contribution in [0.4, 0.5) is 0 Å². The Kier molecular flexibility index (Phi) is 3.13. The number of benzene rings is 1. The number of halogens is 1. The van der Waals surface area contributed by atoms with Crippen LogP contribution in [0.3, 0.4) is 0 Å². The summed E-state index contributed by atoms with van der Waals surface area (Å²) in [5.41, 5.74) is 1.66. The van der Waals surface area contributed by atoms with Crippen molar-refractivity contribution >= 4 is 21.6 Å². The van der Waals surface area contributed by atoms with E-state index in [0.29, 0.717) is 12.4 Å². The summed E-state index contributed by atoms with van der Waals surface area (Å²) < 4.78 is 8.45. The number of rotatable bonds is 3. The summed E-state index contributed by atoms with van der Waals surface area (Å²) in [7, 11) is 0. The first kappa shape index (κ1) is 12.0. The van der Waals surface area contributed by atoms with Gasteiger partial charge in [-0.1, -0.05) is 28.1 Å². The third-order valence-electron chi connectivity index (χ3n) is 2.71. The van der Waals surface area contributed by atoms with Crippen molar-refractivity contribution in [1.29, 1.82) is 0 Å². The molecule has 0 spiro atoms. The van der Waals surface area contributed by atoms with E-state index in [0.717, 1.165) is 15.8 Å². The van der Waals surface area contributed by atoms with Crippen LogP contribution in [0, 0.1) is 0 Å². The van der Waals surface area contributed by atoms with Crippen LogP contribution < -0.4 is 4.74 Å². The zero-order chi connectivity index (χ0) is 13.2. The minimum Gasteiger partial charge on any atom is -0.504 e. The minimum atomic E-state index is 0.133. The molecule has 0 aliphatic rings. The van der Waals surface area contributed by atoms with E-state index in [1.54, 1.807) is 18.2 Å². The quantitative estimate of drug-likeness (QED) is 0.805. The molecule has 0 bridgehead atoms. The number of imidazole rings is 1. The largest absolute Gasteiger partial charge is 0.504 e. The Morgan fingerprint density at radius 1 is 1.26 bits per heavy atom. The van der Waals surface area contributed by atoms with E-state index >= 15 is 0 Å². The predicted molar refractivity (Wildman–Crippen MR) is 75.3 cm³/mol. The summed E-state index contributed by atoms with van der Waals surface area (Å²) in [5.74, 6) is 0.592. The molecule has 19 heavy (non-hydrogen) atoms. The molecule has 4 nitrogen and oxygen atoms in total. The van der Waals surface area contributed by atoms with Crippen molar-refractivity contribution in [3.63, 3.8) is 0 Å². The summed E-state index contributed by atoms with van der Waals surface area (Å²) in [6, 6.07) is 10.8. The molecule has 3 aromatic rings. The molecular formula is C14H11BrN2O2. The third kappa shape index (κ3) is 2.56. The first-order chi connectivity index (χ1) is 9.22. The van der Waals surface area contributed by atoms with Crippen LogP contribution in [0.15, 0.2) is 53.3 Å². The maximum atomic E-state index is 9.61. The van der Waals surface area contributed by atoms with Crippen LogP contribution in [0.5, 0.6) is 11.5 Å². The lowest BCUT2D eigenvalue weighted by molar-refractivity contribution is 0.285. The molecule has 0 radical (unpaired) electrons. The number of aromatic nitrogens is 2. The van der Waals surface area contributed by atoms with E-state index in [2.05, 4.69) is 20.9 Å². The van der Waals surface area contributed by atoms with Gasteiger partial charge in [0.1, 0.15) is 12.3 Å². The Balaban J connectivity index is 1.80. The van der Waals surface area contributed by atoms with Gasteiger partial charge in [-0.15, -0.1) is 0 Å². The Bertz CT molecular complexity index is 724. The monoisotopic (exact) mass is 318 g/mol. The van der Waals surface area contributed by atoms with Crippen LogP contribution in [0.2, 0.25) is 0 Å². The molecule has 3 rings (SSSR count). The fourth-order valence-electron chi connectivity index (χ4n) is 1.81. The highest BCUT2D eigenvalue weighted by Gasteiger charge is 2.05. The SMILES string of the molecule is Oc1ccccc1OCc1cn2ccc(Br)cc2n1. The summed E-state index contributed by atoms with van der Waals surface area (Å²) in [5, 5.41) is 9.61. The predicted octanol–water partition coefficient (Wildman–Crippen LogP) is 3.38. The van der Waals surface area contributed by atoms with Crippen LogP contribution in [-0.4, -0.2) is 14.5 Å². The Hall–Kier alpha value is -2.01. The Morgan fingerprint density at radius 2 is 2.11 bits per heavy atom. The highest BCUT2D eigenvalue weighted by Crippen LogP contribution is 2.25. The fraction of sp³-hybridized carbons (Fsp3) is 0.0714. The maximum Gasteiger partial charge on any atom is 0.161 e. The van der Waals surface area contributed by atoms with Gasteiger partial charge in [-0.3, -0.25) is 0 Å². The van der Waals surface area contributed by atoms with Crippen molar-refractivity contribution in [2.45, 2.75) is 6.61 Å². The van der Waals surface area contributed by atoms with Crippen molar-refractivity contribution in [1.82, 2.24) is 9.38 Å². The highest BCUT2D eigenvalue weighted by atomic mass is 79.9. The molecule has 0 saturated carbocycles. The van der Waals surface area contributed by atoms with Crippen molar-refractivity contribution < 1.29 is 9.84 Å². The molecule has 5 heteroatoms. The Labute approximate surface area is 118 Å². The molecule has 0 aliphatic carbocycles. The first-order valence-electron chi connectivity index (χ1n) is 5.76. The standard InChI is InChI=1S/C14H11BrN2O2/c15-10-5-6-17-8-11(16-14(17)7-10)9-19-13-4-2-1-3-12(13)18/h1-8,18H,9H2. The zero-order valence-electron chi connectivity index (χ0n) is 9.95. The van der Waals surface area contributed by atoms with Crippen LogP contribution in [0.1, 0.15) is 5.69 Å². The van der Waals surface area contributed by atoms with Crippen molar-refractivity contribution in [3.05, 3.63) is 59.0 Å². The van der Waals surface area contributed by atoms with Crippen molar-refractivity contribution in [3.8, 4) is 11.5 Å². The van der Waals surface area contributed by atoms with Gasteiger partial charge >= 0.3 is 0 Å². The second kappa shape index (κ2) is 4.93. The van der Waals surface area contributed by atoms with Gasteiger partial charge in [0.2, 0.25) is 0 Å². The molecule has 96 valence electrons. The zero-order valence-corrected chi connectivity index (χ0v) is 11.5. The highest BCUT2D eigenvalue weighted by molar-refractivity contribution is 9.10. The number of phenolic OH excluding ortho intramolecular Hbond substituents is 1. The van der Waals surface area contributed by atoms with Crippen LogP contribution >= 0.6 is 15.9 Å². The van der Waals surface area contributed by atoms with Gasteiger partial charge in [-0.05, 0) is 24.3 Å². The number of hydrogen-bond acceptors (Lipinski definition) is 3. The smallest absolute Gasteiger partial charge is 0.161 e. The minimum absolute atomic E-state index is 0.133. The van der Waals surface area contributed by atoms with E-state index < -0.39 is 0 Å². The summed E-state index contributed by atoms with van der Waals surface area (Å²) in [6.45, 7) is 0.316. The average molecular weight is 319 g/mol. The third-order valence-corrected chi connectivity index (χ3v) is 3.21. The van der Waals surface area contributed by atoms with E-state index in [-0.39, 0.29) is 5.75 Å². The molecule has 0 unspecified atom stereocenters. The van der Waals surface area contributed by atoms with Gasteiger partial charge in [0.05, 0.1) is 5.69 Å². The lowest BCUT2D eigenvalue weighted by atomic mass is 10.3. The number of aromatic hydroxyl groups is 1. The van der Waals surface area contributed by atoms with Gasteiger partial charge in [0.15, 0.2) is 11.5 Å². The summed E-state index contributed by atoms with van der Waals surface area (Å²) >= 11 is 3.41. The number of hydrogen-bond donors (Lipinski definition) is 1. The van der Waals surface area contributed by atoms with E-state index in [9.17, 15) is 5.11 Å². The lowest BCUT2D eigenvalue weighted by Gasteiger charge is -2.05. The van der Waals surface area contributed by atoms with Gasteiger partial charge in [0.25, 0.3) is 0 Å². The number of nitrogens with zero attached hydrogens (tertiary/aromatic N) is 2. The molecule has 0 saturated heterocycles. The van der Waals surface area contributed by atoms with Crippen molar-refractivity contribution in [2.24, 2.45) is 0 Å². The fourth-order valence-corrected chi connectivity index (χ4v) is 2.13. The van der Waals surface area contributed by atoms with Crippen LogP contribution in [0.25, 0.3) is 5.65 Å². The molecule has 2 heterocycles. The number of phenols is 1. The van der Waals surface area contributed by atoms with Gasteiger partial charge in [-0.2, -0.15) is 0 Å². The summed E-state index contributed by atoms with van der Waals surface area (Å²) in [6.07, 6.45) is 3.83. The average Bonchev–Trinajstić information content (AvgIpc) is 2.79. The normalized spacial score (nSPS) is 10.8. The van der Waals surface area contributed by atoms with E-state index in [4.69, 9.17) is 4.74 Å². The number of fused-ring (bicyclic) bond motifs is 1. The molecule has 2 aromatic heterocycles. The van der Waals surface area contributed by atoms with Gasteiger partial charge < -0.3 is 14.2 Å². The van der Waals surface area contributed by atoms with E-state index in [1.165, 1.54) is 0 Å². The Morgan fingerprint density at radius 3 is 2.95 bits per heavy atom. The molecular weight excluding hydrogens is 308 g/mol.